The first-order chi connectivity index (χ1) is 22.8. The number of carboxylic acids is 1. The standard InChI is InChI=1S/C28H33N11O5S3.Na/c1-44-33-20(19-16-46-27(29)30-19)23(40)31-21-24(41)39-22(26(42)43)17(14-45-25(21)39)15-47-28-32-34-35-38(28)9-5-8-36-10-12-37(13-11-36)18-6-3-2-4-7-18;/h2-4,6-7,16,21,25H,5,8-15H2,1H3,(H2,29,30)(H,31,40)(H,42,43);/q;+1/p-1/t21?,25-;/m0./s1. The number of thiazole rings is 1. The molecule has 6 rings (SSSR count). The van der Waals surface area contributed by atoms with Crippen molar-refractivity contribution in [2.45, 2.75) is 29.5 Å². The number of nitrogen functional groups attached to an aromatic ring is 1. The van der Waals surface area contributed by atoms with Crippen molar-refractivity contribution in [2.24, 2.45) is 5.16 Å². The third-order valence-corrected chi connectivity index (χ3v) is 11.0. The van der Waals surface area contributed by atoms with Crippen LogP contribution in [0.5, 0.6) is 0 Å². The number of amides is 2. The number of fused-ring (bicyclic) bond motifs is 1. The average Bonchev–Trinajstić information content (AvgIpc) is 3.73. The molecule has 3 aliphatic rings. The Morgan fingerprint density at radius 1 is 1.19 bits per heavy atom. The number of benzene rings is 1. The van der Waals surface area contributed by atoms with E-state index in [1.807, 2.05) is 6.07 Å². The summed E-state index contributed by atoms with van der Waals surface area (Å²) in [6.07, 6.45) is 0.858. The zero-order valence-corrected chi connectivity index (χ0v) is 30.8. The molecule has 1 aromatic carbocycles. The minimum absolute atomic E-state index is 0. The van der Waals surface area contributed by atoms with Gasteiger partial charge in [0.05, 0.1) is 11.7 Å². The molecule has 0 saturated carbocycles. The molecule has 16 nitrogen and oxygen atoms in total. The van der Waals surface area contributed by atoms with Crippen molar-refractivity contribution < 1.29 is 53.9 Å². The first-order valence-electron chi connectivity index (χ1n) is 14.8. The van der Waals surface area contributed by atoms with E-state index in [0.717, 1.165) is 50.5 Å². The molecule has 0 spiro atoms. The van der Waals surface area contributed by atoms with Gasteiger partial charge in [-0.05, 0) is 34.6 Å². The van der Waals surface area contributed by atoms with E-state index in [0.29, 0.717) is 23.0 Å². The molecule has 3 aliphatic heterocycles. The summed E-state index contributed by atoms with van der Waals surface area (Å²) in [5.41, 5.74) is 7.30. The number of oxime groups is 1. The van der Waals surface area contributed by atoms with Gasteiger partial charge in [0.2, 0.25) is 5.16 Å². The Kier molecular flexibility index (Phi) is 12.4. The number of carbonyl (C=O) groups excluding carboxylic acids is 3. The normalized spacial score (nSPS) is 19.8. The van der Waals surface area contributed by atoms with Crippen LogP contribution >= 0.6 is 34.9 Å². The molecule has 2 atom stereocenters. The summed E-state index contributed by atoms with van der Waals surface area (Å²) in [5.74, 6) is -2.16. The third kappa shape index (κ3) is 7.98. The van der Waals surface area contributed by atoms with Crippen LogP contribution in [0.2, 0.25) is 0 Å². The molecule has 0 bridgehead atoms. The van der Waals surface area contributed by atoms with E-state index in [1.54, 1.807) is 10.1 Å². The summed E-state index contributed by atoms with van der Waals surface area (Å²) in [7, 11) is 1.28. The molecule has 5 heterocycles. The van der Waals surface area contributed by atoms with E-state index in [9.17, 15) is 19.5 Å². The van der Waals surface area contributed by atoms with E-state index in [-0.39, 0.29) is 57.5 Å². The number of β-lactam (4-membered cyclic amide) rings is 1. The number of hydrogen-bond donors (Lipinski definition) is 2. The van der Waals surface area contributed by atoms with Crippen LogP contribution in [-0.2, 0) is 25.8 Å². The molecule has 0 aliphatic carbocycles. The molecule has 3 aromatic rings. The van der Waals surface area contributed by atoms with Gasteiger partial charge in [-0.25, -0.2) is 9.67 Å². The number of tetrazole rings is 1. The Hall–Kier alpha value is -3.20. The Bertz CT molecular complexity index is 1680. The summed E-state index contributed by atoms with van der Waals surface area (Å²) in [5, 5.41) is 32.4. The Morgan fingerprint density at radius 2 is 1.96 bits per heavy atom. The molecule has 48 heavy (non-hydrogen) atoms. The SMILES string of the molecule is CON=C(C(=O)NC1C(=O)N2C(C(=O)[O-])=C(CSc3nnnn3CCCN3CCN(c4ccccc4)CC3)CS[C@@H]12)c1csc(N)n1.[Na+]. The van der Waals surface area contributed by atoms with Gasteiger partial charge in [0.25, 0.3) is 11.8 Å². The van der Waals surface area contributed by atoms with Crippen LogP contribution in [0.15, 0.2) is 57.3 Å². The zero-order chi connectivity index (χ0) is 32.9. The van der Waals surface area contributed by atoms with Gasteiger partial charge in [0.15, 0.2) is 10.8 Å². The number of aryl methyl sites for hydroxylation is 1. The monoisotopic (exact) mass is 721 g/mol. The number of nitrogens with zero attached hydrogens (tertiary/aromatic N) is 9. The Balaban J connectivity index is 0.00000451. The quantitative estimate of drug-likeness (QED) is 0.0579. The number of rotatable bonds is 13. The van der Waals surface area contributed by atoms with Crippen LogP contribution in [-0.4, -0.2) is 121 Å². The predicted octanol–water partition coefficient (Wildman–Crippen LogP) is -3.53. The number of aliphatic carboxylic acids is 1. The summed E-state index contributed by atoms with van der Waals surface area (Å²) >= 11 is 3.78. The second kappa shape index (κ2) is 16.5. The van der Waals surface area contributed by atoms with Crippen LogP contribution in [0, 0.1) is 0 Å². The third-order valence-electron chi connectivity index (χ3n) is 7.90. The maximum Gasteiger partial charge on any atom is 1.00 e. The molecule has 2 saturated heterocycles. The van der Waals surface area contributed by atoms with E-state index in [4.69, 9.17) is 10.6 Å². The van der Waals surface area contributed by atoms with Gasteiger partial charge in [0, 0.05) is 61.8 Å². The number of hydrogen-bond acceptors (Lipinski definition) is 16. The first kappa shape index (κ1) is 36.1. The molecular formula is C28H32N11NaO5S3. The summed E-state index contributed by atoms with van der Waals surface area (Å²) < 4.78 is 1.72. The predicted molar refractivity (Wildman–Crippen MR) is 175 cm³/mol. The molecule has 2 amide bonds. The number of thioether (sulfide) groups is 2. The van der Waals surface area contributed by atoms with Crippen molar-refractivity contribution in [3.05, 3.63) is 52.7 Å². The number of piperazine rings is 1. The molecule has 1 unspecified atom stereocenters. The van der Waals surface area contributed by atoms with Crippen molar-refractivity contribution in [3.63, 3.8) is 0 Å². The Morgan fingerprint density at radius 3 is 2.65 bits per heavy atom. The van der Waals surface area contributed by atoms with E-state index in [2.05, 4.69) is 65.0 Å². The van der Waals surface area contributed by atoms with Crippen LogP contribution in [0.1, 0.15) is 12.1 Å². The maximum atomic E-state index is 13.2. The fraction of sp³-hybridized carbons (Fsp3) is 0.429. The van der Waals surface area contributed by atoms with Crippen molar-refractivity contribution >= 4 is 69.2 Å². The fourth-order valence-electron chi connectivity index (χ4n) is 5.59. The minimum atomic E-state index is -1.46. The fourth-order valence-corrected chi connectivity index (χ4v) is 8.53. The molecule has 248 valence electrons. The van der Waals surface area contributed by atoms with Gasteiger partial charge >= 0.3 is 29.6 Å². The molecular weight excluding hydrogens is 690 g/mol. The van der Waals surface area contributed by atoms with Crippen LogP contribution < -0.4 is 50.6 Å². The number of nitrogens with two attached hydrogens (primary N) is 1. The van der Waals surface area contributed by atoms with Crippen LogP contribution in [0.3, 0.4) is 0 Å². The second-order valence-electron chi connectivity index (χ2n) is 10.8. The smallest absolute Gasteiger partial charge is 0.543 e. The topological polar surface area (TPSA) is 200 Å². The zero-order valence-electron chi connectivity index (χ0n) is 26.4. The second-order valence-corrected chi connectivity index (χ2v) is 13.7. The number of nitrogens with one attached hydrogen (secondary N) is 1. The number of aromatic nitrogens is 5. The minimum Gasteiger partial charge on any atom is -0.543 e. The molecule has 2 fully saturated rings. The molecule has 0 radical (unpaired) electrons. The van der Waals surface area contributed by atoms with E-state index in [1.165, 1.54) is 41.2 Å². The largest absolute Gasteiger partial charge is 1.00 e. The number of carboxylic acid groups (broad SMARTS) is 1. The molecule has 2 aromatic heterocycles. The van der Waals surface area contributed by atoms with Gasteiger partial charge in [-0.3, -0.25) is 19.4 Å². The van der Waals surface area contributed by atoms with E-state index >= 15 is 0 Å². The van der Waals surface area contributed by atoms with Crippen LogP contribution in [0.4, 0.5) is 10.8 Å². The van der Waals surface area contributed by atoms with Crippen LogP contribution in [0.25, 0.3) is 0 Å². The number of carbonyl (C=O) groups is 3. The van der Waals surface area contributed by atoms with Crippen molar-refractivity contribution in [3.8, 4) is 0 Å². The van der Waals surface area contributed by atoms with E-state index < -0.39 is 29.2 Å². The summed E-state index contributed by atoms with van der Waals surface area (Å²) in [6.45, 7) is 5.44. The number of para-hydroxylation sites is 1. The van der Waals surface area contributed by atoms with Gasteiger partial charge in [-0.2, -0.15) is 0 Å². The number of anilines is 2. The Labute approximate surface area is 310 Å². The van der Waals surface area contributed by atoms with Crippen molar-refractivity contribution in [2.75, 3.05) is 62.0 Å². The van der Waals surface area contributed by atoms with Crippen molar-refractivity contribution in [1.29, 1.82) is 0 Å². The first-order valence-corrected chi connectivity index (χ1v) is 17.7. The maximum absolute atomic E-state index is 13.2. The molecule has 3 N–H and O–H groups in total. The van der Waals surface area contributed by atoms with Crippen molar-refractivity contribution in [1.82, 2.24) is 40.3 Å². The van der Waals surface area contributed by atoms with Gasteiger partial charge in [-0.15, -0.1) is 28.2 Å². The average molecular weight is 722 g/mol. The summed E-state index contributed by atoms with van der Waals surface area (Å²) in [6, 6.07) is 9.45. The van der Waals surface area contributed by atoms with Gasteiger partial charge in [0.1, 0.15) is 24.2 Å². The summed E-state index contributed by atoms with van der Waals surface area (Å²) in [4.78, 5) is 53.2. The van der Waals surface area contributed by atoms with Gasteiger partial charge in [-0.1, -0.05) is 35.1 Å². The molecule has 20 heteroatoms. The van der Waals surface area contributed by atoms with Gasteiger partial charge < -0.3 is 30.7 Å².